The first-order chi connectivity index (χ1) is 11.4. The van der Waals surface area contributed by atoms with Gasteiger partial charge < -0.3 is 0 Å². The Morgan fingerprint density at radius 2 is 1.43 bits per heavy atom. The maximum Gasteiger partial charge on any atom is -0.000705 e. The van der Waals surface area contributed by atoms with E-state index in [1.165, 1.54) is 53.9 Å². The Kier molecular flexibility index (Phi) is 1.98. The Hall–Kier alpha value is -2.86. The van der Waals surface area contributed by atoms with E-state index in [1.54, 1.807) is 0 Å². The molecular weight excluding hydrogens is 276 g/mol. The van der Waals surface area contributed by atoms with Crippen molar-refractivity contribution >= 4 is 38.8 Å². The molecule has 0 spiro atoms. The molecule has 106 valence electrons. The van der Waals surface area contributed by atoms with Gasteiger partial charge in [0.1, 0.15) is 0 Å². The van der Waals surface area contributed by atoms with Crippen LogP contribution in [0.2, 0.25) is 0 Å². The maximum absolute atomic E-state index is 2.38. The first-order valence-electron chi connectivity index (χ1n) is 8.18. The highest BCUT2D eigenvalue weighted by Crippen LogP contribution is 2.33. The fourth-order valence-corrected chi connectivity index (χ4v) is 4.43. The fraction of sp³-hybridized carbons (Fsp3) is 0.0435. The number of hydrogen-bond donors (Lipinski definition) is 0. The van der Waals surface area contributed by atoms with Gasteiger partial charge in [-0.15, -0.1) is 0 Å². The zero-order chi connectivity index (χ0) is 15.0. The summed E-state index contributed by atoms with van der Waals surface area (Å²) in [5.74, 6) is 0. The SMILES string of the molecule is C1=c2ccccc2=C2Cc3ccc4cccc5ccc(c3c45)=C12. The van der Waals surface area contributed by atoms with E-state index in [0.29, 0.717) is 0 Å². The summed E-state index contributed by atoms with van der Waals surface area (Å²) in [5, 5.41) is 9.77. The average Bonchev–Trinajstić information content (AvgIpc) is 2.98. The van der Waals surface area contributed by atoms with Crippen LogP contribution in [0.15, 0.2) is 66.7 Å². The van der Waals surface area contributed by atoms with Crippen molar-refractivity contribution in [1.29, 1.82) is 0 Å². The summed E-state index contributed by atoms with van der Waals surface area (Å²) in [7, 11) is 0. The van der Waals surface area contributed by atoms with E-state index in [4.69, 9.17) is 0 Å². The smallest absolute Gasteiger partial charge is 0.000705 e. The first-order valence-corrected chi connectivity index (χ1v) is 8.18. The largest absolute Gasteiger partial charge is 0.0616 e. The molecule has 4 aromatic carbocycles. The third kappa shape index (κ3) is 1.37. The zero-order valence-electron chi connectivity index (χ0n) is 12.6. The van der Waals surface area contributed by atoms with Crippen LogP contribution in [-0.2, 0) is 6.42 Å². The van der Waals surface area contributed by atoms with Crippen LogP contribution >= 0.6 is 0 Å². The van der Waals surface area contributed by atoms with Crippen molar-refractivity contribution in [3.63, 3.8) is 0 Å². The normalized spacial score (nSPS) is 15.0. The number of rotatable bonds is 0. The van der Waals surface area contributed by atoms with Crippen LogP contribution in [0.1, 0.15) is 5.56 Å². The van der Waals surface area contributed by atoms with Gasteiger partial charge in [-0.25, -0.2) is 0 Å². The summed E-state index contributed by atoms with van der Waals surface area (Å²) in [6.45, 7) is 0. The first kappa shape index (κ1) is 11.7. The second-order valence-electron chi connectivity index (χ2n) is 6.59. The number of hydrogen-bond acceptors (Lipinski definition) is 0. The summed E-state index contributed by atoms with van der Waals surface area (Å²) >= 11 is 0. The number of fused-ring (bicyclic) bond motifs is 2. The summed E-state index contributed by atoms with van der Waals surface area (Å²) in [5.41, 5.74) is 4.39. The van der Waals surface area contributed by atoms with Crippen LogP contribution in [0.3, 0.4) is 0 Å². The Labute approximate surface area is 133 Å². The minimum absolute atomic E-state index is 1.04. The summed E-state index contributed by atoms with van der Waals surface area (Å²) in [6, 6.07) is 24.6. The van der Waals surface area contributed by atoms with Crippen molar-refractivity contribution < 1.29 is 0 Å². The van der Waals surface area contributed by atoms with Crippen molar-refractivity contribution in [3.8, 4) is 0 Å². The molecule has 0 nitrogen and oxygen atoms in total. The molecule has 0 heterocycles. The van der Waals surface area contributed by atoms with E-state index in [0.717, 1.165) is 6.42 Å². The molecule has 0 fully saturated rings. The van der Waals surface area contributed by atoms with Crippen molar-refractivity contribution in [2.45, 2.75) is 6.42 Å². The van der Waals surface area contributed by atoms with Crippen LogP contribution in [0.4, 0.5) is 0 Å². The lowest BCUT2D eigenvalue weighted by Gasteiger charge is -2.19. The standard InChI is InChI=1S/C23H14/c1-2-7-18-16(4-1)12-21-19-11-10-15-6-3-5-14-8-9-17(13-20(18)21)23(19)22(14)15/h1-12H,13H2. The van der Waals surface area contributed by atoms with Gasteiger partial charge in [-0.2, -0.15) is 0 Å². The van der Waals surface area contributed by atoms with Crippen LogP contribution < -0.4 is 15.7 Å². The molecule has 0 aromatic heterocycles. The quantitative estimate of drug-likeness (QED) is 0.467. The molecular formula is C23H14. The van der Waals surface area contributed by atoms with Gasteiger partial charge in [-0.05, 0) is 66.4 Å². The Morgan fingerprint density at radius 1 is 0.609 bits per heavy atom. The molecule has 0 amide bonds. The highest BCUT2D eigenvalue weighted by molar-refractivity contribution is 6.18. The van der Waals surface area contributed by atoms with Gasteiger partial charge in [0.05, 0.1) is 0 Å². The molecule has 6 rings (SSSR count). The van der Waals surface area contributed by atoms with Crippen molar-refractivity contribution in [1.82, 2.24) is 0 Å². The lowest BCUT2D eigenvalue weighted by Crippen LogP contribution is -2.23. The molecule has 2 aliphatic rings. The van der Waals surface area contributed by atoms with Crippen LogP contribution in [0.5, 0.6) is 0 Å². The third-order valence-corrected chi connectivity index (χ3v) is 5.43. The van der Waals surface area contributed by atoms with E-state index in [1.807, 2.05) is 0 Å². The maximum atomic E-state index is 2.38. The van der Waals surface area contributed by atoms with E-state index < -0.39 is 0 Å². The molecule has 4 aromatic rings. The molecule has 0 saturated carbocycles. The lowest BCUT2D eigenvalue weighted by molar-refractivity contribution is 1.30. The molecule has 0 aliphatic heterocycles. The summed E-state index contributed by atoms with van der Waals surface area (Å²) in [6.07, 6.45) is 3.42. The zero-order valence-corrected chi connectivity index (χ0v) is 12.6. The van der Waals surface area contributed by atoms with Gasteiger partial charge in [0, 0.05) is 0 Å². The predicted octanol–water partition coefficient (Wildman–Crippen LogP) is 3.06. The monoisotopic (exact) mass is 290 g/mol. The fourth-order valence-electron chi connectivity index (χ4n) is 4.43. The van der Waals surface area contributed by atoms with Crippen LogP contribution in [0, 0.1) is 0 Å². The van der Waals surface area contributed by atoms with Gasteiger partial charge in [-0.3, -0.25) is 0 Å². The van der Waals surface area contributed by atoms with Crippen LogP contribution in [0.25, 0.3) is 38.8 Å². The summed E-state index contributed by atoms with van der Waals surface area (Å²) in [4.78, 5) is 0. The Morgan fingerprint density at radius 3 is 2.35 bits per heavy atom. The Bertz CT molecular complexity index is 1300. The molecule has 0 heteroatoms. The lowest BCUT2D eigenvalue weighted by atomic mass is 9.85. The van der Waals surface area contributed by atoms with Gasteiger partial charge in [-0.1, -0.05) is 66.7 Å². The molecule has 0 N–H and O–H groups in total. The molecule has 2 aliphatic carbocycles. The third-order valence-electron chi connectivity index (χ3n) is 5.43. The highest BCUT2D eigenvalue weighted by Gasteiger charge is 2.20. The topological polar surface area (TPSA) is 0 Å². The minimum atomic E-state index is 1.04. The summed E-state index contributed by atoms with van der Waals surface area (Å²) < 4.78 is 0. The van der Waals surface area contributed by atoms with E-state index in [2.05, 4.69) is 72.8 Å². The molecule has 0 unspecified atom stereocenters. The van der Waals surface area contributed by atoms with E-state index >= 15 is 0 Å². The van der Waals surface area contributed by atoms with Gasteiger partial charge in [0.15, 0.2) is 0 Å². The molecule has 0 saturated heterocycles. The molecule has 0 radical (unpaired) electrons. The van der Waals surface area contributed by atoms with Gasteiger partial charge >= 0.3 is 0 Å². The molecule has 23 heavy (non-hydrogen) atoms. The van der Waals surface area contributed by atoms with Gasteiger partial charge in [0.25, 0.3) is 0 Å². The predicted molar refractivity (Wildman–Crippen MR) is 97.3 cm³/mol. The van der Waals surface area contributed by atoms with E-state index in [9.17, 15) is 0 Å². The highest BCUT2D eigenvalue weighted by atomic mass is 14.2. The molecule has 0 bridgehead atoms. The average molecular weight is 290 g/mol. The second-order valence-corrected chi connectivity index (χ2v) is 6.59. The van der Waals surface area contributed by atoms with Crippen molar-refractivity contribution in [2.24, 2.45) is 0 Å². The van der Waals surface area contributed by atoms with Crippen molar-refractivity contribution in [3.05, 3.63) is 87.9 Å². The van der Waals surface area contributed by atoms with Gasteiger partial charge in [0.2, 0.25) is 0 Å². The number of benzene rings is 4. The molecule has 0 atom stereocenters. The van der Waals surface area contributed by atoms with E-state index in [-0.39, 0.29) is 0 Å². The van der Waals surface area contributed by atoms with Crippen LogP contribution in [-0.4, -0.2) is 0 Å². The van der Waals surface area contributed by atoms with Crippen molar-refractivity contribution in [2.75, 3.05) is 0 Å². The second kappa shape index (κ2) is 3.91. The Balaban J connectivity index is 1.95. The minimum Gasteiger partial charge on any atom is -0.0616 e.